The van der Waals surface area contributed by atoms with E-state index in [2.05, 4.69) is 47.2 Å². The molecule has 0 bridgehead atoms. The van der Waals surface area contributed by atoms with Crippen molar-refractivity contribution < 1.29 is 0 Å². The zero-order valence-corrected chi connectivity index (χ0v) is 9.07. The molecule has 0 nitrogen and oxygen atoms in total. The fraction of sp³-hybridized carbons (Fsp3) is 0. The number of benzene rings is 1. The molecule has 2 heteroatoms. The summed E-state index contributed by atoms with van der Waals surface area (Å²) in [5, 5.41) is 5.66. The number of hydrogen-bond acceptors (Lipinski definition) is 2. The van der Waals surface area contributed by atoms with Gasteiger partial charge in [-0.05, 0) is 29.0 Å². The maximum atomic E-state index is 2.20. The van der Waals surface area contributed by atoms with E-state index in [9.17, 15) is 0 Å². The van der Waals surface area contributed by atoms with Gasteiger partial charge >= 0.3 is 0 Å². The van der Waals surface area contributed by atoms with Crippen LogP contribution in [-0.2, 0) is 0 Å². The first-order valence-electron chi connectivity index (χ1n) is 4.45. The third-order valence-electron chi connectivity index (χ3n) is 2.28. The van der Waals surface area contributed by atoms with Gasteiger partial charge in [-0.15, -0.1) is 22.7 Å². The minimum Gasteiger partial charge on any atom is -0.144 e. The summed E-state index contributed by atoms with van der Waals surface area (Å²) >= 11 is 3.60. The van der Waals surface area contributed by atoms with E-state index < -0.39 is 0 Å². The smallest absolute Gasteiger partial charge is 0.0349 e. The van der Waals surface area contributed by atoms with Crippen LogP contribution in [0, 0.1) is 0 Å². The minimum absolute atomic E-state index is 1.36. The van der Waals surface area contributed by atoms with Gasteiger partial charge in [0.2, 0.25) is 0 Å². The highest BCUT2D eigenvalue weighted by molar-refractivity contribution is 7.17. The molecule has 1 aromatic carbocycles. The monoisotopic (exact) mass is 216 g/mol. The second kappa shape index (κ2) is 3.23. The molecule has 0 atom stereocenters. The summed E-state index contributed by atoms with van der Waals surface area (Å²) in [5.74, 6) is 0. The van der Waals surface area contributed by atoms with Crippen molar-refractivity contribution in [3.05, 3.63) is 47.2 Å². The summed E-state index contributed by atoms with van der Waals surface area (Å²) in [6.07, 6.45) is 0. The van der Waals surface area contributed by atoms with Gasteiger partial charge in [-0.1, -0.05) is 18.2 Å². The van der Waals surface area contributed by atoms with Crippen LogP contribution < -0.4 is 0 Å². The molecule has 0 saturated heterocycles. The zero-order chi connectivity index (χ0) is 9.38. The molecule has 0 saturated carbocycles. The maximum Gasteiger partial charge on any atom is 0.0349 e. The van der Waals surface area contributed by atoms with E-state index in [0.717, 1.165) is 0 Å². The fourth-order valence-electron chi connectivity index (χ4n) is 1.64. The first kappa shape index (κ1) is 8.21. The van der Waals surface area contributed by atoms with Crippen LogP contribution in [0.4, 0.5) is 0 Å². The second-order valence-corrected chi connectivity index (χ2v) is 5.01. The second-order valence-electron chi connectivity index (χ2n) is 3.12. The van der Waals surface area contributed by atoms with E-state index in [-0.39, 0.29) is 0 Å². The predicted molar refractivity (Wildman–Crippen MR) is 65.1 cm³/mol. The third kappa shape index (κ3) is 1.19. The Morgan fingerprint density at radius 1 is 0.786 bits per heavy atom. The van der Waals surface area contributed by atoms with Crippen molar-refractivity contribution in [2.75, 3.05) is 0 Å². The molecule has 0 N–H and O–H groups in total. The zero-order valence-electron chi connectivity index (χ0n) is 7.44. The van der Waals surface area contributed by atoms with Gasteiger partial charge in [0.1, 0.15) is 0 Å². The number of thiophene rings is 2. The Balaban J connectivity index is 2.36. The normalized spacial score (nSPS) is 10.9. The average molecular weight is 216 g/mol. The Morgan fingerprint density at radius 2 is 1.79 bits per heavy atom. The van der Waals surface area contributed by atoms with E-state index in [1.807, 2.05) is 0 Å². The minimum atomic E-state index is 1.36. The Morgan fingerprint density at radius 3 is 2.64 bits per heavy atom. The van der Waals surface area contributed by atoms with Crippen molar-refractivity contribution in [1.29, 1.82) is 0 Å². The quantitative estimate of drug-likeness (QED) is 0.556. The van der Waals surface area contributed by atoms with Crippen LogP contribution in [0.1, 0.15) is 0 Å². The van der Waals surface area contributed by atoms with Crippen molar-refractivity contribution in [3.8, 4) is 10.4 Å². The molecule has 0 amide bonds. The molecular formula is C12H8S2. The molecule has 0 aliphatic carbocycles. The van der Waals surface area contributed by atoms with Crippen molar-refractivity contribution in [2.45, 2.75) is 0 Å². The lowest BCUT2D eigenvalue weighted by Crippen LogP contribution is -1.71. The van der Waals surface area contributed by atoms with Crippen LogP contribution in [0.25, 0.3) is 20.5 Å². The highest BCUT2D eigenvalue weighted by Crippen LogP contribution is 2.33. The molecule has 0 fully saturated rings. The number of rotatable bonds is 1. The molecule has 2 heterocycles. The molecule has 0 spiro atoms. The standard InChI is InChI=1S/C12H8S2/c1-3-9(12-5-2-7-13-12)10-6-8-14-11(10)4-1/h1-8H. The Labute approximate surface area is 90.5 Å². The van der Waals surface area contributed by atoms with E-state index in [4.69, 9.17) is 0 Å². The van der Waals surface area contributed by atoms with Gasteiger partial charge in [-0.25, -0.2) is 0 Å². The summed E-state index contributed by atoms with van der Waals surface area (Å²) < 4.78 is 1.37. The molecule has 3 aromatic rings. The Bertz CT molecular complexity index is 546. The van der Waals surface area contributed by atoms with Gasteiger partial charge in [0.15, 0.2) is 0 Å². The summed E-state index contributed by atoms with van der Waals surface area (Å²) in [7, 11) is 0. The van der Waals surface area contributed by atoms with Crippen molar-refractivity contribution >= 4 is 32.8 Å². The third-order valence-corrected chi connectivity index (χ3v) is 4.07. The van der Waals surface area contributed by atoms with Crippen molar-refractivity contribution in [1.82, 2.24) is 0 Å². The molecule has 0 unspecified atom stereocenters. The van der Waals surface area contributed by atoms with Crippen LogP contribution >= 0.6 is 22.7 Å². The lowest BCUT2D eigenvalue weighted by Gasteiger charge is -1.98. The molecule has 0 aliphatic heterocycles. The summed E-state index contributed by atoms with van der Waals surface area (Å²) in [4.78, 5) is 1.36. The predicted octanol–water partition coefficient (Wildman–Crippen LogP) is 4.63. The van der Waals surface area contributed by atoms with Gasteiger partial charge in [0.25, 0.3) is 0 Å². The summed E-state index contributed by atoms with van der Waals surface area (Å²) in [6, 6.07) is 13.0. The molecule has 0 aliphatic rings. The SMILES string of the molecule is c1csc(-c2cccc3sccc23)c1. The van der Waals surface area contributed by atoms with Gasteiger partial charge in [-0.3, -0.25) is 0 Å². The highest BCUT2D eigenvalue weighted by atomic mass is 32.1. The van der Waals surface area contributed by atoms with E-state index >= 15 is 0 Å². The van der Waals surface area contributed by atoms with Crippen LogP contribution in [0.5, 0.6) is 0 Å². The van der Waals surface area contributed by atoms with E-state index in [0.29, 0.717) is 0 Å². The largest absolute Gasteiger partial charge is 0.144 e. The number of hydrogen-bond donors (Lipinski definition) is 0. The van der Waals surface area contributed by atoms with Gasteiger partial charge in [-0.2, -0.15) is 0 Å². The van der Waals surface area contributed by atoms with Crippen molar-refractivity contribution in [3.63, 3.8) is 0 Å². The van der Waals surface area contributed by atoms with E-state index in [1.54, 1.807) is 22.7 Å². The van der Waals surface area contributed by atoms with Crippen LogP contribution in [0.3, 0.4) is 0 Å². The number of fused-ring (bicyclic) bond motifs is 1. The topological polar surface area (TPSA) is 0 Å². The van der Waals surface area contributed by atoms with Gasteiger partial charge < -0.3 is 0 Å². The summed E-state index contributed by atoms with van der Waals surface area (Å²) in [6.45, 7) is 0. The lowest BCUT2D eigenvalue weighted by molar-refractivity contribution is 1.81. The fourth-order valence-corrected chi connectivity index (χ4v) is 3.22. The first-order chi connectivity index (χ1) is 6.95. The molecule has 68 valence electrons. The average Bonchev–Trinajstić information content (AvgIpc) is 2.88. The van der Waals surface area contributed by atoms with Gasteiger partial charge in [0, 0.05) is 20.5 Å². The van der Waals surface area contributed by atoms with Crippen LogP contribution in [0.2, 0.25) is 0 Å². The molecule has 14 heavy (non-hydrogen) atoms. The lowest BCUT2D eigenvalue weighted by atomic mass is 10.1. The van der Waals surface area contributed by atoms with E-state index in [1.165, 1.54) is 20.5 Å². The van der Waals surface area contributed by atoms with Crippen molar-refractivity contribution in [2.24, 2.45) is 0 Å². The van der Waals surface area contributed by atoms with Gasteiger partial charge in [0.05, 0.1) is 0 Å². The van der Waals surface area contributed by atoms with Crippen LogP contribution in [-0.4, -0.2) is 0 Å². The maximum absolute atomic E-state index is 2.20. The Kier molecular flexibility index (Phi) is 1.89. The molecule has 0 radical (unpaired) electrons. The molecule has 2 aromatic heterocycles. The molecular weight excluding hydrogens is 208 g/mol. The highest BCUT2D eigenvalue weighted by Gasteiger charge is 2.04. The molecule has 3 rings (SSSR count). The first-order valence-corrected chi connectivity index (χ1v) is 6.21. The Hall–Kier alpha value is -1.12. The summed E-state index contributed by atoms with van der Waals surface area (Å²) in [5.41, 5.74) is 1.36. The van der Waals surface area contributed by atoms with Crippen LogP contribution in [0.15, 0.2) is 47.2 Å².